The van der Waals surface area contributed by atoms with Gasteiger partial charge in [-0.05, 0) is 43.2 Å². The standard InChI is InChI=1S/C14H18FNO4/c15-12-5-11(6-13(7-12)16(18)19)9-20-14-3-1-10(8-17)2-4-14/h5-7,10,14,17H,1-4,8-9H2. The van der Waals surface area contributed by atoms with Crippen molar-refractivity contribution in [3.63, 3.8) is 0 Å². The first-order chi connectivity index (χ1) is 9.58. The molecule has 1 saturated carbocycles. The average Bonchev–Trinajstić information content (AvgIpc) is 2.45. The third-order valence-corrected chi connectivity index (χ3v) is 3.69. The molecule has 0 aromatic heterocycles. The van der Waals surface area contributed by atoms with Crippen LogP contribution in [-0.2, 0) is 11.3 Å². The molecule has 1 aromatic rings. The van der Waals surface area contributed by atoms with Gasteiger partial charge in [0, 0.05) is 12.7 Å². The average molecular weight is 283 g/mol. The number of halogens is 1. The number of ether oxygens (including phenoxy) is 1. The van der Waals surface area contributed by atoms with E-state index in [9.17, 15) is 14.5 Å². The van der Waals surface area contributed by atoms with Crippen molar-refractivity contribution in [3.8, 4) is 0 Å². The molecule has 0 radical (unpaired) electrons. The molecule has 1 aromatic carbocycles. The molecule has 0 aliphatic heterocycles. The molecule has 110 valence electrons. The maximum atomic E-state index is 13.3. The monoisotopic (exact) mass is 283 g/mol. The van der Waals surface area contributed by atoms with Crippen LogP contribution in [-0.4, -0.2) is 22.7 Å². The zero-order valence-corrected chi connectivity index (χ0v) is 11.1. The van der Waals surface area contributed by atoms with Gasteiger partial charge in [0.25, 0.3) is 5.69 Å². The molecule has 2 rings (SSSR count). The number of nitro benzene ring substituents is 1. The molecular weight excluding hydrogens is 265 g/mol. The van der Waals surface area contributed by atoms with Crippen molar-refractivity contribution in [2.75, 3.05) is 6.61 Å². The van der Waals surface area contributed by atoms with Gasteiger partial charge in [0.1, 0.15) is 5.82 Å². The number of rotatable bonds is 5. The Kier molecular flexibility index (Phi) is 5.03. The first-order valence-corrected chi connectivity index (χ1v) is 6.75. The molecule has 0 atom stereocenters. The first-order valence-electron chi connectivity index (χ1n) is 6.75. The summed E-state index contributed by atoms with van der Waals surface area (Å²) >= 11 is 0. The lowest BCUT2D eigenvalue weighted by atomic mass is 9.88. The van der Waals surface area contributed by atoms with Crippen LogP contribution in [0.5, 0.6) is 0 Å². The summed E-state index contributed by atoms with van der Waals surface area (Å²) in [6.07, 6.45) is 3.65. The zero-order chi connectivity index (χ0) is 14.5. The lowest BCUT2D eigenvalue weighted by molar-refractivity contribution is -0.385. The van der Waals surface area contributed by atoms with E-state index in [1.807, 2.05) is 0 Å². The smallest absolute Gasteiger partial charge is 0.272 e. The topological polar surface area (TPSA) is 72.6 Å². The quantitative estimate of drug-likeness (QED) is 0.666. The molecule has 1 fully saturated rings. The van der Waals surface area contributed by atoms with Gasteiger partial charge in [-0.2, -0.15) is 0 Å². The Morgan fingerprint density at radius 1 is 1.30 bits per heavy atom. The summed E-state index contributed by atoms with van der Waals surface area (Å²) < 4.78 is 18.9. The lowest BCUT2D eigenvalue weighted by Crippen LogP contribution is -2.23. The molecular formula is C14H18FNO4. The van der Waals surface area contributed by atoms with Gasteiger partial charge in [-0.15, -0.1) is 0 Å². The van der Waals surface area contributed by atoms with E-state index in [4.69, 9.17) is 9.84 Å². The van der Waals surface area contributed by atoms with E-state index in [2.05, 4.69) is 0 Å². The van der Waals surface area contributed by atoms with Crippen LogP contribution in [0.25, 0.3) is 0 Å². The first kappa shape index (κ1) is 14.9. The highest BCUT2D eigenvalue weighted by Crippen LogP contribution is 2.27. The van der Waals surface area contributed by atoms with Gasteiger partial charge in [-0.1, -0.05) is 0 Å². The summed E-state index contributed by atoms with van der Waals surface area (Å²) in [4.78, 5) is 10.0. The molecule has 0 spiro atoms. The minimum absolute atomic E-state index is 0.0834. The molecule has 0 unspecified atom stereocenters. The Morgan fingerprint density at radius 3 is 2.60 bits per heavy atom. The fourth-order valence-corrected chi connectivity index (χ4v) is 2.52. The highest BCUT2D eigenvalue weighted by atomic mass is 19.1. The van der Waals surface area contributed by atoms with Gasteiger partial charge in [-0.3, -0.25) is 10.1 Å². The van der Waals surface area contributed by atoms with Crippen LogP contribution < -0.4 is 0 Å². The SMILES string of the molecule is O=[N+]([O-])c1cc(F)cc(COC2CCC(CO)CC2)c1. The molecule has 0 saturated heterocycles. The van der Waals surface area contributed by atoms with Crippen LogP contribution in [0.2, 0.25) is 0 Å². The van der Waals surface area contributed by atoms with E-state index in [0.29, 0.717) is 11.5 Å². The molecule has 6 heteroatoms. The summed E-state index contributed by atoms with van der Waals surface area (Å²) in [6, 6.07) is 3.49. The zero-order valence-electron chi connectivity index (χ0n) is 11.1. The predicted octanol–water partition coefficient (Wildman–Crippen LogP) is 2.80. The van der Waals surface area contributed by atoms with Crippen molar-refractivity contribution in [2.24, 2.45) is 5.92 Å². The summed E-state index contributed by atoms with van der Waals surface area (Å²) in [7, 11) is 0. The van der Waals surface area contributed by atoms with Gasteiger partial charge >= 0.3 is 0 Å². The van der Waals surface area contributed by atoms with E-state index in [-0.39, 0.29) is 25.0 Å². The van der Waals surface area contributed by atoms with Crippen LogP contribution in [0.3, 0.4) is 0 Å². The second kappa shape index (κ2) is 6.76. The Morgan fingerprint density at radius 2 is 2.00 bits per heavy atom. The second-order valence-electron chi connectivity index (χ2n) is 5.21. The lowest BCUT2D eigenvalue weighted by Gasteiger charge is -2.27. The summed E-state index contributed by atoms with van der Waals surface area (Å²) in [5.41, 5.74) is 0.216. The predicted molar refractivity (Wildman–Crippen MR) is 70.7 cm³/mol. The van der Waals surface area contributed by atoms with Crippen LogP contribution in [0, 0.1) is 21.8 Å². The van der Waals surface area contributed by atoms with Crippen molar-refractivity contribution >= 4 is 5.69 Å². The number of nitrogens with zero attached hydrogens (tertiary/aromatic N) is 1. The fraction of sp³-hybridized carbons (Fsp3) is 0.571. The number of aliphatic hydroxyl groups is 1. The third-order valence-electron chi connectivity index (χ3n) is 3.69. The molecule has 1 aliphatic rings. The number of hydrogen-bond acceptors (Lipinski definition) is 4. The number of hydrogen-bond donors (Lipinski definition) is 1. The number of nitro groups is 1. The molecule has 0 heterocycles. The van der Waals surface area contributed by atoms with E-state index in [0.717, 1.165) is 31.7 Å². The van der Waals surface area contributed by atoms with Crippen molar-refractivity contribution < 1.29 is 19.2 Å². The van der Waals surface area contributed by atoms with Crippen molar-refractivity contribution in [1.82, 2.24) is 0 Å². The second-order valence-corrected chi connectivity index (χ2v) is 5.21. The van der Waals surface area contributed by atoms with Crippen molar-refractivity contribution in [3.05, 3.63) is 39.7 Å². The summed E-state index contributed by atoms with van der Waals surface area (Å²) in [5, 5.41) is 19.7. The highest BCUT2D eigenvalue weighted by molar-refractivity contribution is 5.34. The minimum atomic E-state index is -0.623. The van der Waals surface area contributed by atoms with Crippen LogP contribution in [0.1, 0.15) is 31.2 Å². The van der Waals surface area contributed by atoms with Crippen molar-refractivity contribution in [2.45, 2.75) is 38.4 Å². The maximum Gasteiger partial charge on any atom is 0.272 e. The number of benzene rings is 1. The minimum Gasteiger partial charge on any atom is -0.396 e. The number of non-ortho nitro benzene ring substituents is 1. The summed E-state index contributed by atoms with van der Waals surface area (Å²) in [6.45, 7) is 0.385. The molecule has 1 aliphatic carbocycles. The van der Waals surface area contributed by atoms with E-state index in [1.54, 1.807) is 0 Å². The Bertz CT molecular complexity index is 472. The Balaban J connectivity index is 1.89. The maximum absolute atomic E-state index is 13.3. The summed E-state index contributed by atoms with van der Waals surface area (Å²) in [5.74, 6) is -0.271. The Labute approximate surface area is 116 Å². The largest absolute Gasteiger partial charge is 0.396 e. The molecule has 5 nitrogen and oxygen atoms in total. The van der Waals surface area contributed by atoms with E-state index in [1.165, 1.54) is 12.1 Å². The molecule has 0 bridgehead atoms. The van der Waals surface area contributed by atoms with E-state index >= 15 is 0 Å². The van der Waals surface area contributed by atoms with Gasteiger partial charge < -0.3 is 9.84 Å². The van der Waals surface area contributed by atoms with Gasteiger partial charge in [0.15, 0.2) is 0 Å². The van der Waals surface area contributed by atoms with Crippen LogP contribution in [0.4, 0.5) is 10.1 Å². The van der Waals surface area contributed by atoms with Crippen molar-refractivity contribution in [1.29, 1.82) is 0 Å². The highest BCUT2D eigenvalue weighted by Gasteiger charge is 2.21. The molecule has 1 N–H and O–H groups in total. The normalized spacial score (nSPS) is 22.7. The Hall–Kier alpha value is -1.53. The molecule has 20 heavy (non-hydrogen) atoms. The van der Waals surface area contributed by atoms with Gasteiger partial charge in [0.05, 0.1) is 23.7 Å². The van der Waals surface area contributed by atoms with Crippen LogP contribution >= 0.6 is 0 Å². The van der Waals surface area contributed by atoms with Crippen LogP contribution in [0.15, 0.2) is 18.2 Å². The fourth-order valence-electron chi connectivity index (χ4n) is 2.52. The van der Waals surface area contributed by atoms with Gasteiger partial charge in [0.2, 0.25) is 0 Å². The third kappa shape index (κ3) is 3.98. The molecule has 0 amide bonds. The van der Waals surface area contributed by atoms with Gasteiger partial charge in [-0.25, -0.2) is 4.39 Å². The van der Waals surface area contributed by atoms with E-state index < -0.39 is 10.7 Å². The number of aliphatic hydroxyl groups excluding tert-OH is 1.